The quantitative estimate of drug-likeness (QED) is 0.238. The first-order chi connectivity index (χ1) is 26.6. The average molecular weight is 731 g/mol. The minimum Gasteiger partial charge on any atom is -0.316 e. The lowest BCUT2D eigenvalue weighted by Gasteiger charge is -2.55. The summed E-state index contributed by atoms with van der Waals surface area (Å²) in [6, 6.07) is 1.49. The highest BCUT2D eigenvalue weighted by Gasteiger charge is 2.48. The molecular formula is C52H78N2. The molecule has 296 valence electrons. The molecule has 12 atom stereocenters. The number of hydrogen-bond donors (Lipinski definition) is 1. The molecule has 0 bridgehead atoms. The number of fused-ring (bicyclic) bond motifs is 3. The van der Waals surface area contributed by atoms with Gasteiger partial charge in [-0.25, -0.2) is 0 Å². The second-order valence-corrected chi connectivity index (χ2v) is 20.6. The summed E-state index contributed by atoms with van der Waals surface area (Å²) in [5.41, 5.74) is 7.24. The molecule has 0 spiro atoms. The van der Waals surface area contributed by atoms with Gasteiger partial charge in [0.2, 0.25) is 0 Å². The monoisotopic (exact) mass is 731 g/mol. The van der Waals surface area contributed by atoms with Crippen molar-refractivity contribution in [2.45, 2.75) is 167 Å². The highest BCUT2D eigenvalue weighted by atomic mass is 15.2. The van der Waals surface area contributed by atoms with E-state index in [0.29, 0.717) is 11.8 Å². The lowest BCUT2D eigenvalue weighted by atomic mass is 9.60. The Morgan fingerprint density at radius 1 is 0.759 bits per heavy atom. The van der Waals surface area contributed by atoms with Gasteiger partial charge in [-0.2, -0.15) is 0 Å². The molecule has 1 saturated heterocycles. The summed E-state index contributed by atoms with van der Waals surface area (Å²) in [5, 5.41) is 3.58. The summed E-state index contributed by atoms with van der Waals surface area (Å²) in [7, 11) is 0. The van der Waals surface area contributed by atoms with Crippen LogP contribution in [-0.4, -0.2) is 36.6 Å². The second-order valence-electron chi connectivity index (χ2n) is 20.6. The zero-order valence-electron chi connectivity index (χ0n) is 34.6. The smallest absolute Gasteiger partial charge is 0.0208 e. The van der Waals surface area contributed by atoms with Gasteiger partial charge in [-0.15, -0.1) is 0 Å². The van der Waals surface area contributed by atoms with Crippen molar-refractivity contribution in [1.82, 2.24) is 10.2 Å². The van der Waals surface area contributed by atoms with Crippen LogP contribution in [0.5, 0.6) is 0 Å². The van der Waals surface area contributed by atoms with Crippen molar-refractivity contribution in [3.63, 3.8) is 0 Å². The maximum Gasteiger partial charge on any atom is 0.0208 e. The fourth-order valence-electron chi connectivity index (χ4n) is 14.6. The van der Waals surface area contributed by atoms with E-state index in [1.807, 2.05) is 16.7 Å². The molecule has 4 fully saturated rings. The Morgan fingerprint density at radius 3 is 2.43 bits per heavy atom. The fraction of sp³-hybridized carbons (Fsp3) is 0.769. The van der Waals surface area contributed by atoms with Crippen LogP contribution >= 0.6 is 0 Å². The average Bonchev–Trinajstić information content (AvgIpc) is 3.21. The van der Waals surface area contributed by atoms with Crippen LogP contribution in [0.1, 0.15) is 155 Å². The second kappa shape index (κ2) is 17.5. The fourth-order valence-corrected chi connectivity index (χ4v) is 14.6. The summed E-state index contributed by atoms with van der Waals surface area (Å²) in [6.07, 6.45) is 50.7. The highest BCUT2D eigenvalue weighted by molar-refractivity contribution is 5.37. The molecule has 9 aliphatic rings. The van der Waals surface area contributed by atoms with Gasteiger partial charge >= 0.3 is 0 Å². The van der Waals surface area contributed by atoms with Gasteiger partial charge in [0, 0.05) is 18.6 Å². The number of hydrogen-bond acceptors (Lipinski definition) is 2. The Labute approximate surface area is 331 Å². The van der Waals surface area contributed by atoms with Crippen molar-refractivity contribution >= 4 is 0 Å². The maximum absolute atomic E-state index is 4.89. The predicted molar refractivity (Wildman–Crippen MR) is 229 cm³/mol. The van der Waals surface area contributed by atoms with Crippen LogP contribution in [0.3, 0.4) is 0 Å². The van der Waals surface area contributed by atoms with Gasteiger partial charge in [0.25, 0.3) is 0 Å². The van der Waals surface area contributed by atoms with Crippen LogP contribution in [0.15, 0.2) is 71.4 Å². The normalized spacial score (nSPS) is 42.5. The standard InChI is InChI=1S/C52H78N2/c1-36-14-6-8-20-44(36)48(24-12-15-38-33-53-34-38)50-35-54(51-25-13-19-42-18-7-9-22-47(42)51)52-32-43(30-31-46(52)37(2)45-21-10-11-23-49(45)50)41-28-26-40(27-29-41)39-16-4-3-5-17-39/h4,11,16,19,23,26,28,37-41,43-48,51-53H,1,3,5-10,12-15,17-18,20-22,24-25,27,29-35H2,2H3/b50-49+/t37?,39?,40?,41-,43?,44?,45?,46?,47?,48?,51?,52?/m0/s1. The molecule has 0 aromatic rings. The van der Waals surface area contributed by atoms with Gasteiger partial charge in [-0.05, 0) is 218 Å². The lowest BCUT2D eigenvalue weighted by molar-refractivity contribution is -0.0154. The van der Waals surface area contributed by atoms with E-state index in [2.05, 4.69) is 59.7 Å². The molecule has 2 heterocycles. The Bertz CT molecular complexity index is 1450. The molecule has 9 rings (SSSR count). The Balaban J connectivity index is 1.07. The molecule has 11 unspecified atom stereocenters. The molecule has 2 nitrogen and oxygen atoms in total. The third-order valence-corrected chi connectivity index (χ3v) is 17.8. The largest absolute Gasteiger partial charge is 0.316 e. The van der Waals surface area contributed by atoms with Gasteiger partial charge in [-0.1, -0.05) is 86.4 Å². The SMILES string of the molecule is C=C1CCCCC1C(CCCC1CNC1)/C1=C2\C=CCCC2C(C)C2CCC([C@H]3C=CC(C4C=CCCC4)CC3)CC2N(C2CCC=C3CCCCC32)C1. The number of allylic oxidation sites excluding steroid dienone is 9. The number of nitrogens with one attached hydrogen (secondary N) is 1. The summed E-state index contributed by atoms with van der Waals surface area (Å²) in [4.78, 5) is 3.34. The van der Waals surface area contributed by atoms with Crippen molar-refractivity contribution in [2.75, 3.05) is 19.6 Å². The van der Waals surface area contributed by atoms with Crippen molar-refractivity contribution in [3.8, 4) is 0 Å². The molecule has 0 radical (unpaired) electrons. The van der Waals surface area contributed by atoms with Crippen LogP contribution in [0.2, 0.25) is 0 Å². The van der Waals surface area contributed by atoms with E-state index in [9.17, 15) is 0 Å². The van der Waals surface area contributed by atoms with Crippen molar-refractivity contribution < 1.29 is 0 Å². The van der Waals surface area contributed by atoms with E-state index in [1.165, 1.54) is 167 Å². The molecular weight excluding hydrogens is 653 g/mol. The van der Waals surface area contributed by atoms with Gasteiger partial charge < -0.3 is 5.32 Å². The van der Waals surface area contributed by atoms with Crippen LogP contribution < -0.4 is 5.32 Å². The summed E-state index contributed by atoms with van der Waals surface area (Å²) in [5.74, 6) is 8.74. The molecule has 0 amide bonds. The summed E-state index contributed by atoms with van der Waals surface area (Å²) in [6.45, 7) is 11.4. The van der Waals surface area contributed by atoms with E-state index < -0.39 is 0 Å². The molecule has 54 heavy (non-hydrogen) atoms. The zero-order chi connectivity index (χ0) is 36.4. The Morgan fingerprint density at radius 2 is 1.61 bits per heavy atom. The molecule has 2 aliphatic heterocycles. The molecule has 2 heteroatoms. The first-order valence-corrected chi connectivity index (χ1v) is 24.2. The predicted octanol–water partition coefficient (Wildman–Crippen LogP) is 13.0. The minimum atomic E-state index is 0.689. The Kier molecular flexibility index (Phi) is 12.3. The van der Waals surface area contributed by atoms with Crippen molar-refractivity contribution in [1.29, 1.82) is 0 Å². The van der Waals surface area contributed by atoms with Gasteiger partial charge in [0.1, 0.15) is 0 Å². The van der Waals surface area contributed by atoms with E-state index in [0.717, 1.165) is 65.3 Å². The van der Waals surface area contributed by atoms with Crippen LogP contribution in [0.4, 0.5) is 0 Å². The van der Waals surface area contributed by atoms with Crippen LogP contribution in [0, 0.1) is 65.1 Å². The number of nitrogens with zero attached hydrogens (tertiary/aromatic N) is 1. The molecule has 7 aliphatic carbocycles. The van der Waals surface area contributed by atoms with Gasteiger partial charge in [0.05, 0.1) is 0 Å². The molecule has 0 aromatic heterocycles. The van der Waals surface area contributed by atoms with E-state index in [4.69, 9.17) is 6.58 Å². The molecule has 1 N–H and O–H groups in total. The van der Waals surface area contributed by atoms with Crippen molar-refractivity contribution in [2.24, 2.45) is 65.1 Å². The molecule has 3 saturated carbocycles. The highest BCUT2D eigenvalue weighted by Crippen LogP contribution is 2.53. The van der Waals surface area contributed by atoms with Crippen molar-refractivity contribution in [3.05, 3.63) is 71.4 Å². The van der Waals surface area contributed by atoms with Crippen LogP contribution in [-0.2, 0) is 0 Å². The van der Waals surface area contributed by atoms with E-state index in [-0.39, 0.29) is 0 Å². The number of rotatable bonds is 9. The summed E-state index contributed by atoms with van der Waals surface area (Å²) >= 11 is 0. The van der Waals surface area contributed by atoms with Crippen LogP contribution in [0.25, 0.3) is 0 Å². The third kappa shape index (κ3) is 7.93. The maximum atomic E-state index is 4.89. The van der Waals surface area contributed by atoms with E-state index in [1.54, 1.807) is 5.57 Å². The zero-order valence-corrected chi connectivity index (χ0v) is 34.6. The molecule has 0 aromatic carbocycles. The van der Waals surface area contributed by atoms with E-state index >= 15 is 0 Å². The third-order valence-electron chi connectivity index (χ3n) is 17.8. The first kappa shape index (κ1) is 37.9. The topological polar surface area (TPSA) is 15.3 Å². The first-order valence-electron chi connectivity index (χ1n) is 24.2. The minimum absolute atomic E-state index is 0.689. The summed E-state index contributed by atoms with van der Waals surface area (Å²) < 4.78 is 0. The van der Waals surface area contributed by atoms with Gasteiger partial charge in [-0.3, -0.25) is 4.90 Å². The van der Waals surface area contributed by atoms with Gasteiger partial charge in [0.15, 0.2) is 0 Å². The lowest BCUT2D eigenvalue weighted by Crippen LogP contribution is -2.57. The Hall–Kier alpha value is -1.64.